The van der Waals surface area contributed by atoms with E-state index in [1.54, 1.807) is 0 Å². The largest absolute Gasteiger partial charge is 0.494 e. The monoisotopic (exact) mass is 289 g/mol. The van der Waals surface area contributed by atoms with Crippen molar-refractivity contribution in [2.45, 2.75) is 26.4 Å². The van der Waals surface area contributed by atoms with E-state index in [0.29, 0.717) is 0 Å². The van der Waals surface area contributed by atoms with Crippen LogP contribution >= 0.6 is 11.6 Å². The molecule has 2 nitrogen and oxygen atoms in total. The number of halogens is 1. The van der Waals surface area contributed by atoms with E-state index < -0.39 is 0 Å². The van der Waals surface area contributed by atoms with E-state index in [1.807, 2.05) is 30.3 Å². The van der Waals surface area contributed by atoms with Crippen LogP contribution in [-0.4, -0.2) is 6.61 Å². The van der Waals surface area contributed by atoms with Gasteiger partial charge in [0.1, 0.15) is 5.75 Å². The minimum absolute atomic E-state index is 0.763. The summed E-state index contributed by atoms with van der Waals surface area (Å²) in [6.45, 7) is 4.49. The molecule has 0 radical (unpaired) electrons. The first-order valence-corrected chi connectivity index (χ1v) is 7.32. The molecule has 0 saturated heterocycles. The van der Waals surface area contributed by atoms with Crippen molar-refractivity contribution in [2.75, 3.05) is 6.61 Å². The summed E-state index contributed by atoms with van der Waals surface area (Å²) < 4.78 is 5.63. The molecule has 20 heavy (non-hydrogen) atoms. The third-order valence-electron chi connectivity index (χ3n) is 2.92. The Labute approximate surface area is 125 Å². The zero-order chi connectivity index (χ0) is 14.2. The zero-order valence-corrected chi connectivity index (χ0v) is 12.5. The lowest BCUT2D eigenvalue weighted by Gasteiger charge is -2.08. The molecule has 3 heteroatoms. The highest BCUT2D eigenvalue weighted by atomic mass is 35.5. The Morgan fingerprint density at radius 3 is 2.40 bits per heavy atom. The molecule has 1 N–H and O–H groups in total. The maximum atomic E-state index is 5.97. The molecule has 2 aromatic carbocycles. The molecule has 0 amide bonds. The van der Waals surface area contributed by atoms with Gasteiger partial charge in [-0.3, -0.25) is 0 Å². The second-order valence-electron chi connectivity index (χ2n) is 4.73. The van der Waals surface area contributed by atoms with Crippen molar-refractivity contribution >= 4 is 11.6 Å². The van der Waals surface area contributed by atoms with Crippen molar-refractivity contribution in [3.05, 3.63) is 64.7 Å². The van der Waals surface area contributed by atoms with Gasteiger partial charge in [-0.2, -0.15) is 0 Å². The standard InChI is InChI=1S/C17H20ClNO/c1-2-9-20-17-8-4-6-15(11-17)13-19-12-14-5-3-7-16(18)10-14/h3-8,10-11,19H,2,9,12-13H2,1H3. The molecule has 0 aromatic heterocycles. The first kappa shape index (κ1) is 14.9. The van der Waals surface area contributed by atoms with Crippen molar-refractivity contribution in [3.63, 3.8) is 0 Å². The Morgan fingerprint density at radius 2 is 1.70 bits per heavy atom. The molecule has 0 unspecified atom stereocenters. The van der Waals surface area contributed by atoms with E-state index in [0.717, 1.165) is 36.9 Å². The molecular formula is C17H20ClNO. The van der Waals surface area contributed by atoms with Gasteiger partial charge in [0.25, 0.3) is 0 Å². The van der Waals surface area contributed by atoms with E-state index >= 15 is 0 Å². The Balaban J connectivity index is 1.84. The van der Waals surface area contributed by atoms with Crippen LogP contribution in [-0.2, 0) is 13.1 Å². The maximum absolute atomic E-state index is 5.97. The van der Waals surface area contributed by atoms with Crippen molar-refractivity contribution in [3.8, 4) is 5.75 Å². The highest BCUT2D eigenvalue weighted by Crippen LogP contribution is 2.14. The summed E-state index contributed by atoms with van der Waals surface area (Å²) in [4.78, 5) is 0. The van der Waals surface area contributed by atoms with Crippen LogP contribution in [0.5, 0.6) is 5.75 Å². The second kappa shape index (κ2) is 7.93. The molecule has 2 aromatic rings. The van der Waals surface area contributed by atoms with E-state index in [1.165, 1.54) is 11.1 Å². The summed E-state index contributed by atoms with van der Waals surface area (Å²) in [5.74, 6) is 0.939. The first-order chi connectivity index (χ1) is 9.78. The van der Waals surface area contributed by atoms with Crippen LogP contribution in [0.3, 0.4) is 0 Å². The number of rotatable bonds is 7. The predicted octanol–water partition coefficient (Wildman–Crippen LogP) is 4.42. The van der Waals surface area contributed by atoms with Gasteiger partial charge in [-0.15, -0.1) is 0 Å². The summed E-state index contributed by atoms with van der Waals surface area (Å²) in [6, 6.07) is 16.1. The van der Waals surface area contributed by atoms with Crippen molar-refractivity contribution in [1.82, 2.24) is 5.32 Å². The van der Waals surface area contributed by atoms with Crippen LogP contribution in [0.4, 0.5) is 0 Å². The van der Waals surface area contributed by atoms with Crippen LogP contribution < -0.4 is 10.1 Å². The highest BCUT2D eigenvalue weighted by molar-refractivity contribution is 6.30. The fourth-order valence-electron chi connectivity index (χ4n) is 1.96. The quantitative estimate of drug-likeness (QED) is 0.815. The van der Waals surface area contributed by atoms with Gasteiger partial charge < -0.3 is 10.1 Å². The zero-order valence-electron chi connectivity index (χ0n) is 11.7. The molecule has 0 fully saturated rings. The topological polar surface area (TPSA) is 21.3 Å². The van der Waals surface area contributed by atoms with E-state index in [4.69, 9.17) is 16.3 Å². The molecule has 106 valence electrons. The number of ether oxygens (including phenoxy) is 1. The molecule has 0 bridgehead atoms. The molecule has 0 atom stereocenters. The molecule has 0 aliphatic rings. The molecule has 0 saturated carbocycles. The van der Waals surface area contributed by atoms with Crippen LogP contribution in [0.15, 0.2) is 48.5 Å². The average molecular weight is 290 g/mol. The summed E-state index contributed by atoms with van der Waals surface area (Å²) in [6.07, 6.45) is 1.03. The Bertz CT molecular complexity index is 542. The molecule has 0 heterocycles. The third kappa shape index (κ3) is 4.87. The minimum atomic E-state index is 0.763. The molecule has 0 aliphatic heterocycles. The van der Waals surface area contributed by atoms with Gasteiger partial charge in [0, 0.05) is 18.1 Å². The summed E-state index contributed by atoms with van der Waals surface area (Å²) in [5, 5.41) is 4.19. The van der Waals surface area contributed by atoms with Gasteiger partial charge in [0.2, 0.25) is 0 Å². The van der Waals surface area contributed by atoms with Crippen molar-refractivity contribution in [1.29, 1.82) is 0 Å². The summed E-state index contributed by atoms with van der Waals surface area (Å²) >= 11 is 5.97. The molecular weight excluding hydrogens is 270 g/mol. The van der Waals surface area contributed by atoms with E-state index in [-0.39, 0.29) is 0 Å². The number of hydrogen-bond acceptors (Lipinski definition) is 2. The second-order valence-corrected chi connectivity index (χ2v) is 5.17. The van der Waals surface area contributed by atoms with Crippen molar-refractivity contribution in [2.24, 2.45) is 0 Å². The Kier molecular flexibility index (Phi) is 5.90. The van der Waals surface area contributed by atoms with Crippen LogP contribution in [0.2, 0.25) is 5.02 Å². The molecule has 0 spiro atoms. The minimum Gasteiger partial charge on any atom is -0.494 e. The Hall–Kier alpha value is -1.51. The van der Waals surface area contributed by atoms with Gasteiger partial charge in [0.15, 0.2) is 0 Å². The smallest absolute Gasteiger partial charge is 0.119 e. The summed E-state index contributed by atoms with van der Waals surface area (Å²) in [7, 11) is 0. The van der Waals surface area contributed by atoms with Crippen LogP contribution in [0, 0.1) is 0 Å². The summed E-state index contributed by atoms with van der Waals surface area (Å²) in [5.41, 5.74) is 2.41. The van der Waals surface area contributed by atoms with Crippen LogP contribution in [0.1, 0.15) is 24.5 Å². The van der Waals surface area contributed by atoms with Gasteiger partial charge in [-0.25, -0.2) is 0 Å². The fraction of sp³-hybridized carbons (Fsp3) is 0.294. The van der Waals surface area contributed by atoms with E-state index in [9.17, 15) is 0 Å². The first-order valence-electron chi connectivity index (χ1n) is 6.95. The predicted molar refractivity (Wildman–Crippen MR) is 84.2 cm³/mol. The molecule has 0 aliphatic carbocycles. The molecule has 2 rings (SSSR count). The highest BCUT2D eigenvalue weighted by Gasteiger charge is 1.98. The van der Waals surface area contributed by atoms with Crippen LogP contribution in [0.25, 0.3) is 0 Å². The van der Waals surface area contributed by atoms with Gasteiger partial charge in [0.05, 0.1) is 6.61 Å². The van der Waals surface area contributed by atoms with Gasteiger partial charge in [-0.1, -0.05) is 42.8 Å². The third-order valence-corrected chi connectivity index (χ3v) is 3.15. The average Bonchev–Trinajstić information content (AvgIpc) is 2.46. The van der Waals surface area contributed by atoms with Crippen molar-refractivity contribution < 1.29 is 4.74 Å². The SMILES string of the molecule is CCCOc1cccc(CNCc2cccc(Cl)c2)c1. The maximum Gasteiger partial charge on any atom is 0.119 e. The fourth-order valence-corrected chi connectivity index (χ4v) is 2.18. The normalized spacial score (nSPS) is 10.5. The number of benzene rings is 2. The van der Waals surface area contributed by atoms with Gasteiger partial charge in [-0.05, 0) is 41.8 Å². The lowest BCUT2D eigenvalue weighted by Crippen LogP contribution is -2.12. The lowest BCUT2D eigenvalue weighted by atomic mass is 10.2. The lowest BCUT2D eigenvalue weighted by molar-refractivity contribution is 0.317. The van der Waals surface area contributed by atoms with E-state index in [2.05, 4.69) is 30.4 Å². The van der Waals surface area contributed by atoms with Gasteiger partial charge >= 0.3 is 0 Å². The number of hydrogen-bond donors (Lipinski definition) is 1. The number of nitrogens with one attached hydrogen (secondary N) is 1. The Morgan fingerprint density at radius 1 is 1.00 bits per heavy atom.